The average molecular weight is 286 g/mol. The summed E-state index contributed by atoms with van der Waals surface area (Å²) >= 11 is 0. The zero-order chi connectivity index (χ0) is 15.2. The first-order chi connectivity index (χ1) is 9.46. The van der Waals surface area contributed by atoms with Crippen LogP contribution in [0, 0.1) is 5.92 Å². The van der Waals surface area contributed by atoms with Crippen molar-refractivity contribution < 1.29 is 14.6 Å². The zero-order valence-electron chi connectivity index (χ0n) is 13.3. The number of likely N-dealkylation sites (N-methyl/N-ethyl adjacent to an activating group) is 1. The van der Waals surface area contributed by atoms with Gasteiger partial charge < -0.3 is 9.84 Å². The number of rotatable bonds is 11. The molecule has 1 fully saturated rings. The fraction of sp³-hybridized carbons (Fsp3) is 0.933. The first-order valence-corrected chi connectivity index (χ1v) is 7.77. The minimum Gasteiger partial charge on any atom is -0.480 e. The molecule has 1 saturated carbocycles. The van der Waals surface area contributed by atoms with E-state index in [4.69, 9.17) is 4.74 Å². The van der Waals surface area contributed by atoms with Crippen LogP contribution in [0.25, 0.3) is 0 Å². The molecule has 1 aliphatic carbocycles. The molecule has 0 radical (unpaired) electrons. The molecule has 1 rings (SSSR count). The van der Waals surface area contributed by atoms with Crippen molar-refractivity contribution in [1.82, 2.24) is 10.2 Å². The molecular formula is C15H30N2O3. The normalized spacial score (nSPS) is 18.5. The Morgan fingerprint density at radius 3 is 2.50 bits per heavy atom. The second kappa shape index (κ2) is 7.96. The van der Waals surface area contributed by atoms with E-state index in [0.717, 1.165) is 25.9 Å². The summed E-state index contributed by atoms with van der Waals surface area (Å²) < 4.78 is 5.39. The van der Waals surface area contributed by atoms with E-state index in [1.54, 1.807) is 0 Å². The second-order valence-corrected chi connectivity index (χ2v) is 5.92. The van der Waals surface area contributed by atoms with Crippen molar-refractivity contribution in [1.29, 1.82) is 0 Å². The standard InChI is InChI=1S/C15H30N2O3/c1-5-17(9-10-20-6-2)11-15(14(18)19,13-7-8-13)16-12(3)4/h12-13,16H,5-11H2,1-4H3,(H,18,19). The lowest BCUT2D eigenvalue weighted by molar-refractivity contribution is -0.147. The van der Waals surface area contributed by atoms with Crippen molar-refractivity contribution >= 4 is 5.97 Å². The molecule has 0 aromatic carbocycles. The zero-order valence-corrected chi connectivity index (χ0v) is 13.3. The predicted molar refractivity (Wildman–Crippen MR) is 80.0 cm³/mol. The van der Waals surface area contributed by atoms with E-state index in [9.17, 15) is 9.90 Å². The van der Waals surface area contributed by atoms with Crippen molar-refractivity contribution in [3.8, 4) is 0 Å². The minimum atomic E-state index is -0.809. The summed E-state index contributed by atoms with van der Waals surface area (Å²) in [4.78, 5) is 14.1. The topological polar surface area (TPSA) is 61.8 Å². The van der Waals surface area contributed by atoms with Gasteiger partial charge >= 0.3 is 5.97 Å². The quantitative estimate of drug-likeness (QED) is 0.565. The summed E-state index contributed by atoms with van der Waals surface area (Å²) in [6.07, 6.45) is 2.02. The third kappa shape index (κ3) is 4.72. The Kier molecular flexibility index (Phi) is 6.92. The highest BCUT2D eigenvalue weighted by atomic mass is 16.5. The van der Waals surface area contributed by atoms with Gasteiger partial charge in [0.2, 0.25) is 0 Å². The lowest BCUT2D eigenvalue weighted by atomic mass is 9.91. The summed E-state index contributed by atoms with van der Waals surface area (Å²) in [6.45, 7) is 11.6. The molecular weight excluding hydrogens is 256 g/mol. The third-order valence-corrected chi connectivity index (χ3v) is 3.88. The Bertz CT molecular complexity index is 305. The number of aliphatic carboxylic acids is 1. The molecule has 0 heterocycles. The van der Waals surface area contributed by atoms with Gasteiger partial charge in [-0.1, -0.05) is 6.92 Å². The number of carboxylic acid groups (broad SMARTS) is 1. The number of carbonyl (C=O) groups is 1. The van der Waals surface area contributed by atoms with Gasteiger partial charge in [-0.05, 0) is 46.1 Å². The number of ether oxygens (including phenoxy) is 1. The van der Waals surface area contributed by atoms with E-state index in [1.807, 2.05) is 20.8 Å². The summed E-state index contributed by atoms with van der Waals surface area (Å²) in [6, 6.07) is 0.164. The van der Waals surface area contributed by atoms with E-state index < -0.39 is 11.5 Å². The van der Waals surface area contributed by atoms with Crippen LogP contribution in [0.5, 0.6) is 0 Å². The molecule has 0 aromatic heterocycles. The molecule has 0 bridgehead atoms. The van der Waals surface area contributed by atoms with Crippen LogP contribution < -0.4 is 5.32 Å². The van der Waals surface area contributed by atoms with Crippen LogP contribution in [0.1, 0.15) is 40.5 Å². The van der Waals surface area contributed by atoms with Crippen LogP contribution in [-0.2, 0) is 9.53 Å². The largest absolute Gasteiger partial charge is 0.480 e. The first kappa shape index (κ1) is 17.4. The van der Waals surface area contributed by atoms with Crippen molar-refractivity contribution in [3.63, 3.8) is 0 Å². The van der Waals surface area contributed by atoms with Gasteiger partial charge in [0.15, 0.2) is 0 Å². The molecule has 5 heteroatoms. The van der Waals surface area contributed by atoms with Crippen molar-refractivity contribution in [2.75, 3.05) is 32.8 Å². The van der Waals surface area contributed by atoms with E-state index >= 15 is 0 Å². The van der Waals surface area contributed by atoms with E-state index in [-0.39, 0.29) is 12.0 Å². The van der Waals surface area contributed by atoms with Gasteiger partial charge in [-0.3, -0.25) is 15.0 Å². The van der Waals surface area contributed by atoms with Gasteiger partial charge in [0.05, 0.1) is 6.61 Å². The van der Waals surface area contributed by atoms with Crippen molar-refractivity contribution in [2.24, 2.45) is 5.92 Å². The molecule has 0 spiro atoms. The minimum absolute atomic E-state index is 0.164. The lowest BCUT2D eigenvalue weighted by Gasteiger charge is -2.37. The van der Waals surface area contributed by atoms with Crippen LogP contribution in [0.4, 0.5) is 0 Å². The van der Waals surface area contributed by atoms with E-state index in [1.165, 1.54) is 0 Å². The van der Waals surface area contributed by atoms with E-state index in [2.05, 4.69) is 17.1 Å². The number of nitrogens with one attached hydrogen (secondary N) is 1. The molecule has 5 nitrogen and oxygen atoms in total. The molecule has 0 amide bonds. The number of nitrogens with zero attached hydrogens (tertiary/aromatic N) is 1. The Hall–Kier alpha value is -0.650. The van der Waals surface area contributed by atoms with Gasteiger partial charge in [0.1, 0.15) is 5.54 Å². The van der Waals surface area contributed by atoms with Gasteiger partial charge in [0.25, 0.3) is 0 Å². The highest BCUT2D eigenvalue weighted by molar-refractivity contribution is 5.80. The van der Waals surface area contributed by atoms with Crippen LogP contribution >= 0.6 is 0 Å². The molecule has 2 N–H and O–H groups in total. The molecule has 0 aromatic rings. The number of hydrogen-bond donors (Lipinski definition) is 2. The molecule has 0 aliphatic heterocycles. The van der Waals surface area contributed by atoms with Crippen LogP contribution in [0.15, 0.2) is 0 Å². The van der Waals surface area contributed by atoms with Gasteiger partial charge in [-0.2, -0.15) is 0 Å². The Morgan fingerprint density at radius 1 is 1.45 bits per heavy atom. The van der Waals surface area contributed by atoms with Gasteiger partial charge in [-0.25, -0.2) is 0 Å². The van der Waals surface area contributed by atoms with Gasteiger partial charge in [-0.15, -0.1) is 0 Å². The highest BCUT2D eigenvalue weighted by Gasteiger charge is 2.52. The summed E-state index contributed by atoms with van der Waals surface area (Å²) in [5, 5.41) is 13.1. The van der Waals surface area contributed by atoms with Crippen molar-refractivity contribution in [2.45, 2.75) is 52.1 Å². The third-order valence-electron chi connectivity index (χ3n) is 3.88. The maximum atomic E-state index is 11.9. The molecule has 118 valence electrons. The van der Waals surface area contributed by atoms with Crippen LogP contribution in [0.3, 0.4) is 0 Å². The van der Waals surface area contributed by atoms with Crippen LogP contribution in [0.2, 0.25) is 0 Å². The average Bonchev–Trinajstić information content (AvgIpc) is 3.20. The fourth-order valence-electron chi connectivity index (χ4n) is 2.73. The van der Waals surface area contributed by atoms with Crippen molar-refractivity contribution in [3.05, 3.63) is 0 Å². The molecule has 20 heavy (non-hydrogen) atoms. The maximum Gasteiger partial charge on any atom is 0.325 e. The highest BCUT2D eigenvalue weighted by Crippen LogP contribution is 2.40. The van der Waals surface area contributed by atoms with Crippen LogP contribution in [-0.4, -0.2) is 60.4 Å². The SMILES string of the molecule is CCOCCN(CC)CC(NC(C)C)(C(=O)O)C1CC1. The summed E-state index contributed by atoms with van der Waals surface area (Å²) in [5.74, 6) is -0.466. The predicted octanol–water partition coefficient (Wildman–Crippen LogP) is 1.58. The Balaban J connectivity index is 2.73. The molecule has 0 saturated heterocycles. The first-order valence-electron chi connectivity index (χ1n) is 7.77. The maximum absolute atomic E-state index is 11.9. The monoisotopic (exact) mass is 286 g/mol. The van der Waals surface area contributed by atoms with E-state index in [0.29, 0.717) is 19.8 Å². The molecule has 1 aliphatic rings. The number of hydrogen-bond acceptors (Lipinski definition) is 4. The number of carboxylic acids is 1. The summed E-state index contributed by atoms with van der Waals surface area (Å²) in [5.41, 5.74) is -0.809. The van der Waals surface area contributed by atoms with Gasteiger partial charge in [0, 0.05) is 25.7 Å². The fourth-order valence-corrected chi connectivity index (χ4v) is 2.73. The summed E-state index contributed by atoms with van der Waals surface area (Å²) in [7, 11) is 0. The Labute approximate surface area is 122 Å². The molecule has 1 unspecified atom stereocenters. The molecule has 1 atom stereocenters. The lowest BCUT2D eigenvalue weighted by Crippen LogP contribution is -2.62. The smallest absolute Gasteiger partial charge is 0.325 e. The second-order valence-electron chi connectivity index (χ2n) is 5.92. The Morgan fingerprint density at radius 2 is 2.10 bits per heavy atom.